The molecule has 1 aromatic carbocycles. The Bertz CT molecular complexity index is 671. The minimum absolute atomic E-state index is 0.0500. The van der Waals surface area contributed by atoms with Gasteiger partial charge in [0.15, 0.2) is 0 Å². The molecule has 108 valence electrons. The minimum Gasteiger partial charge on any atom is -0.497 e. The van der Waals surface area contributed by atoms with Crippen LogP contribution in [0, 0.1) is 17.8 Å². The molecule has 3 unspecified atom stereocenters. The molecule has 3 heteroatoms. The maximum Gasteiger partial charge on any atom is 0.144 e. The van der Waals surface area contributed by atoms with Gasteiger partial charge in [0, 0.05) is 11.8 Å². The number of carbonyl (C=O) groups is 2. The molecule has 3 atom stereocenters. The lowest BCUT2D eigenvalue weighted by Crippen LogP contribution is -2.32. The van der Waals surface area contributed by atoms with Gasteiger partial charge in [-0.3, -0.25) is 9.59 Å². The van der Waals surface area contributed by atoms with Crippen LogP contribution >= 0.6 is 0 Å². The van der Waals surface area contributed by atoms with Crippen molar-refractivity contribution in [1.29, 1.82) is 0 Å². The van der Waals surface area contributed by atoms with Gasteiger partial charge in [-0.1, -0.05) is 12.1 Å². The normalized spacial score (nSPS) is 30.3. The highest BCUT2D eigenvalue weighted by molar-refractivity contribution is 6.10. The van der Waals surface area contributed by atoms with Crippen LogP contribution in [0.3, 0.4) is 0 Å². The summed E-state index contributed by atoms with van der Waals surface area (Å²) in [6.07, 6.45) is 5.01. The summed E-state index contributed by atoms with van der Waals surface area (Å²) in [4.78, 5) is 24.2. The molecule has 0 heterocycles. The van der Waals surface area contributed by atoms with E-state index in [1.54, 1.807) is 7.11 Å². The molecule has 3 nitrogen and oxygen atoms in total. The second-order valence-electron chi connectivity index (χ2n) is 6.31. The molecule has 0 aliphatic heterocycles. The quantitative estimate of drug-likeness (QED) is 0.744. The van der Waals surface area contributed by atoms with Gasteiger partial charge in [-0.25, -0.2) is 0 Å². The summed E-state index contributed by atoms with van der Waals surface area (Å²) in [7, 11) is 1.68. The SMILES string of the molecule is COc1ccc2c(c1)CCC1C2=CCC2C(=O)CC(=O)C21. The Morgan fingerprint density at radius 1 is 1.14 bits per heavy atom. The average molecular weight is 282 g/mol. The van der Waals surface area contributed by atoms with E-state index in [2.05, 4.69) is 18.2 Å². The lowest BCUT2D eigenvalue weighted by atomic mass is 9.66. The molecule has 0 spiro atoms. The Morgan fingerprint density at radius 2 is 2.00 bits per heavy atom. The first-order valence-corrected chi connectivity index (χ1v) is 7.62. The molecule has 3 aliphatic rings. The number of carbonyl (C=O) groups excluding carboxylic acids is 2. The highest BCUT2D eigenvalue weighted by Crippen LogP contribution is 2.50. The molecule has 3 aliphatic carbocycles. The van der Waals surface area contributed by atoms with Crippen LogP contribution in [0.4, 0.5) is 0 Å². The van der Waals surface area contributed by atoms with E-state index in [9.17, 15) is 9.59 Å². The number of fused-ring (bicyclic) bond motifs is 5. The molecule has 21 heavy (non-hydrogen) atoms. The largest absolute Gasteiger partial charge is 0.497 e. The van der Waals surface area contributed by atoms with E-state index in [0.29, 0.717) is 0 Å². The van der Waals surface area contributed by atoms with E-state index >= 15 is 0 Å². The van der Waals surface area contributed by atoms with Gasteiger partial charge in [0.05, 0.1) is 13.5 Å². The minimum atomic E-state index is -0.0623. The Labute approximate surface area is 124 Å². The summed E-state index contributed by atoms with van der Waals surface area (Å²) >= 11 is 0. The maximum absolute atomic E-state index is 12.2. The first-order valence-electron chi connectivity index (χ1n) is 7.62. The van der Waals surface area contributed by atoms with Crippen LogP contribution in [0.1, 0.15) is 30.4 Å². The van der Waals surface area contributed by atoms with E-state index in [4.69, 9.17) is 4.74 Å². The topological polar surface area (TPSA) is 43.4 Å². The molecule has 0 aromatic heterocycles. The van der Waals surface area contributed by atoms with Gasteiger partial charge in [0.2, 0.25) is 0 Å². The number of ketones is 2. The van der Waals surface area contributed by atoms with Crippen LogP contribution in [0.15, 0.2) is 24.3 Å². The molecular formula is C18H18O3. The number of hydrogen-bond acceptors (Lipinski definition) is 3. The summed E-state index contributed by atoms with van der Waals surface area (Å²) in [6, 6.07) is 6.18. The molecule has 0 N–H and O–H groups in total. The van der Waals surface area contributed by atoms with Gasteiger partial charge in [-0.15, -0.1) is 0 Å². The molecule has 1 saturated carbocycles. The van der Waals surface area contributed by atoms with Crippen molar-refractivity contribution < 1.29 is 14.3 Å². The number of hydrogen-bond donors (Lipinski definition) is 0. The summed E-state index contributed by atoms with van der Waals surface area (Å²) in [5, 5.41) is 0. The number of aryl methyl sites for hydroxylation is 1. The zero-order valence-corrected chi connectivity index (χ0v) is 12.1. The number of Topliss-reactive ketones (excluding diaryl/α,β-unsaturated/α-hetero) is 2. The molecule has 0 amide bonds. The van der Waals surface area contributed by atoms with Crippen molar-refractivity contribution in [2.24, 2.45) is 17.8 Å². The van der Waals surface area contributed by atoms with Crippen LogP contribution < -0.4 is 4.74 Å². The van der Waals surface area contributed by atoms with Crippen LogP contribution in [-0.2, 0) is 16.0 Å². The van der Waals surface area contributed by atoms with E-state index in [0.717, 1.165) is 25.0 Å². The van der Waals surface area contributed by atoms with Crippen molar-refractivity contribution >= 4 is 17.1 Å². The van der Waals surface area contributed by atoms with Crippen LogP contribution in [-0.4, -0.2) is 18.7 Å². The smallest absolute Gasteiger partial charge is 0.144 e. The molecule has 4 rings (SSSR count). The van der Waals surface area contributed by atoms with E-state index < -0.39 is 0 Å². The predicted octanol–water partition coefficient (Wildman–Crippen LogP) is 2.82. The van der Waals surface area contributed by atoms with Gasteiger partial charge >= 0.3 is 0 Å². The third-order valence-electron chi connectivity index (χ3n) is 5.34. The Balaban J connectivity index is 1.77. The average Bonchev–Trinajstić information content (AvgIpc) is 2.81. The maximum atomic E-state index is 12.2. The standard InChI is InChI=1S/C18H18O3/c1-21-11-3-5-12-10(8-11)2-4-14-13(12)6-7-15-16(19)9-17(20)18(14)15/h3,5-6,8,14-15,18H,2,4,7,9H2,1H3. The fraction of sp³-hybridized carbons (Fsp3) is 0.444. The third-order valence-corrected chi connectivity index (χ3v) is 5.34. The van der Waals surface area contributed by atoms with Gasteiger partial charge in [0.25, 0.3) is 0 Å². The van der Waals surface area contributed by atoms with Gasteiger partial charge in [0.1, 0.15) is 17.3 Å². The lowest BCUT2D eigenvalue weighted by molar-refractivity contribution is -0.123. The highest BCUT2D eigenvalue weighted by atomic mass is 16.5. The first kappa shape index (κ1) is 12.8. The molecule has 0 saturated heterocycles. The van der Waals surface area contributed by atoms with Crippen LogP contribution in [0.5, 0.6) is 5.75 Å². The summed E-state index contributed by atoms with van der Waals surface area (Å²) in [5.41, 5.74) is 3.83. The fourth-order valence-electron chi connectivity index (χ4n) is 4.37. The second kappa shape index (κ2) is 4.55. The Kier molecular flexibility index (Phi) is 2.78. The zero-order valence-electron chi connectivity index (χ0n) is 12.1. The molecule has 1 fully saturated rings. The van der Waals surface area contributed by atoms with Crippen molar-refractivity contribution in [3.8, 4) is 5.75 Å². The van der Waals surface area contributed by atoms with E-state index in [-0.39, 0.29) is 35.7 Å². The van der Waals surface area contributed by atoms with Gasteiger partial charge in [-0.05, 0) is 54.0 Å². The molecule has 0 bridgehead atoms. The van der Waals surface area contributed by atoms with Gasteiger partial charge < -0.3 is 4.74 Å². The second-order valence-corrected chi connectivity index (χ2v) is 6.31. The fourth-order valence-corrected chi connectivity index (χ4v) is 4.37. The Hall–Kier alpha value is -1.90. The van der Waals surface area contributed by atoms with Gasteiger partial charge in [-0.2, -0.15) is 0 Å². The van der Waals surface area contributed by atoms with Crippen LogP contribution in [0.2, 0.25) is 0 Å². The van der Waals surface area contributed by atoms with Crippen molar-refractivity contribution in [2.75, 3.05) is 7.11 Å². The molecule has 1 aromatic rings. The number of methoxy groups -OCH3 is 1. The highest BCUT2D eigenvalue weighted by Gasteiger charge is 2.48. The Morgan fingerprint density at radius 3 is 2.81 bits per heavy atom. The van der Waals surface area contributed by atoms with Crippen molar-refractivity contribution in [3.63, 3.8) is 0 Å². The number of allylic oxidation sites excluding steroid dienone is 2. The van der Waals surface area contributed by atoms with Crippen molar-refractivity contribution in [3.05, 3.63) is 35.4 Å². The first-order chi connectivity index (χ1) is 10.2. The van der Waals surface area contributed by atoms with E-state index in [1.165, 1.54) is 16.7 Å². The zero-order chi connectivity index (χ0) is 14.6. The van der Waals surface area contributed by atoms with Crippen molar-refractivity contribution in [2.45, 2.75) is 25.7 Å². The number of benzene rings is 1. The third kappa shape index (κ3) is 1.80. The summed E-state index contributed by atoms with van der Waals surface area (Å²) in [6.45, 7) is 0. The number of rotatable bonds is 1. The lowest BCUT2D eigenvalue weighted by Gasteiger charge is -2.37. The van der Waals surface area contributed by atoms with Crippen molar-refractivity contribution in [1.82, 2.24) is 0 Å². The van der Waals surface area contributed by atoms with E-state index in [1.807, 2.05) is 6.07 Å². The monoisotopic (exact) mass is 282 g/mol. The summed E-state index contributed by atoms with van der Waals surface area (Å²) in [5.74, 6) is 1.33. The predicted molar refractivity (Wildman–Crippen MR) is 79.0 cm³/mol. The summed E-state index contributed by atoms with van der Waals surface area (Å²) < 4.78 is 5.30. The molecule has 0 radical (unpaired) electrons. The number of ether oxygens (including phenoxy) is 1. The van der Waals surface area contributed by atoms with Crippen LogP contribution in [0.25, 0.3) is 5.57 Å². The molecular weight excluding hydrogens is 264 g/mol.